The minimum absolute atomic E-state index is 0.440. The molecule has 0 amide bonds. The molecule has 0 atom stereocenters. The lowest BCUT2D eigenvalue weighted by Gasteiger charge is -2.13. The molecular weight excluding hydrogens is 366 g/mol. The molecule has 7 heteroatoms. The zero-order valence-electron chi connectivity index (χ0n) is 14.4. The van der Waals surface area contributed by atoms with Crippen molar-refractivity contribution in [3.63, 3.8) is 0 Å². The highest BCUT2D eigenvalue weighted by Crippen LogP contribution is 2.28. The minimum Gasteiger partial charge on any atom is -0.282 e. The van der Waals surface area contributed by atoms with Gasteiger partial charge in [0.25, 0.3) is 0 Å². The molecule has 4 rings (SSSR count). The fourth-order valence-electron chi connectivity index (χ4n) is 2.86. The van der Waals surface area contributed by atoms with E-state index in [1.807, 2.05) is 28.8 Å². The van der Waals surface area contributed by atoms with Gasteiger partial charge in [-0.2, -0.15) is 0 Å². The molecule has 3 aromatic rings. The van der Waals surface area contributed by atoms with Crippen LogP contribution in [0.2, 0.25) is 5.02 Å². The molecule has 0 unspecified atom stereocenters. The summed E-state index contributed by atoms with van der Waals surface area (Å²) in [5, 5.41) is 9.88. The van der Waals surface area contributed by atoms with E-state index in [9.17, 15) is 0 Å². The summed E-state index contributed by atoms with van der Waals surface area (Å²) in [4.78, 5) is 9.70. The first-order valence-electron chi connectivity index (χ1n) is 8.60. The van der Waals surface area contributed by atoms with E-state index in [0.717, 1.165) is 39.3 Å². The number of nitrogens with zero attached hydrogens (tertiary/aromatic N) is 5. The highest BCUT2D eigenvalue weighted by atomic mass is 35.5. The van der Waals surface area contributed by atoms with Crippen LogP contribution in [0.1, 0.15) is 36.8 Å². The summed E-state index contributed by atoms with van der Waals surface area (Å²) in [5.41, 5.74) is 3.44. The standard InChI is InChI=1S/C19H18ClN5S/c1-2-3-10-26-17-9-8-15-19(23-17)18(13-6-4-5-7-14(13)20)21-11-16-24-22-12-25(15)16/h4-9,12H,2-3,10-11H2,1H3. The topological polar surface area (TPSA) is 56.0 Å². The quantitative estimate of drug-likeness (QED) is 0.478. The second kappa shape index (κ2) is 7.60. The third-order valence-electron chi connectivity index (χ3n) is 4.21. The van der Waals surface area contributed by atoms with Crippen LogP contribution in [0.5, 0.6) is 0 Å². The van der Waals surface area contributed by atoms with Crippen LogP contribution >= 0.6 is 23.4 Å². The molecule has 0 radical (unpaired) electrons. The van der Waals surface area contributed by atoms with E-state index < -0.39 is 0 Å². The second-order valence-corrected chi connectivity index (χ2v) is 7.50. The van der Waals surface area contributed by atoms with Crippen molar-refractivity contribution >= 4 is 29.1 Å². The van der Waals surface area contributed by atoms with Gasteiger partial charge in [0.2, 0.25) is 0 Å². The van der Waals surface area contributed by atoms with Crippen LogP contribution in [0.3, 0.4) is 0 Å². The highest BCUT2D eigenvalue weighted by molar-refractivity contribution is 7.99. The Kier molecular flexibility index (Phi) is 5.04. The van der Waals surface area contributed by atoms with Crippen LogP contribution in [0.25, 0.3) is 5.69 Å². The maximum atomic E-state index is 6.46. The van der Waals surface area contributed by atoms with Gasteiger partial charge in [-0.1, -0.05) is 43.1 Å². The average molecular weight is 384 g/mol. The Morgan fingerprint density at radius 1 is 1.19 bits per heavy atom. The molecule has 1 aliphatic rings. The Bertz CT molecular complexity index is 966. The van der Waals surface area contributed by atoms with E-state index in [4.69, 9.17) is 21.6 Å². The van der Waals surface area contributed by atoms with Gasteiger partial charge < -0.3 is 0 Å². The predicted octanol–water partition coefficient (Wildman–Crippen LogP) is 4.56. The maximum absolute atomic E-state index is 6.46. The summed E-state index contributed by atoms with van der Waals surface area (Å²) in [7, 11) is 0. The molecule has 2 aromatic heterocycles. The molecule has 5 nitrogen and oxygen atoms in total. The summed E-state index contributed by atoms with van der Waals surface area (Å²) in [6.07, 6.45) is 4.06. The molecule has 0 saturated heterocycles. The highest BCUT2D eigenvalue weighted by Gasteiger charge is 2.22. The van der Waals surface area contributed by atoms with Crippen LogP contribution in [0.4, 0.5) is 0 Å². The smallest absolute Gasteiger partial charge is 0.159 e. The molecule has 0 spiro atoms. The zero-order valence-corrected chi connectivity index (χ0v) is 16.0. The Labute approximate surface area is 161 Å². The fraction of sp³-hybridized carbons (Fsp3) is 0.263. The summed E-state index contributed by atoms with van der Waals surface area (Å²) < 4.78 is 1.95. The van der Waals surface area contributed by atoms with Crippen molar-refractivity contribution in [1.29, 1.82) is 0 Å². The van der Waals surface area contributed by atoms with E-state index >= 15 is 0 Å². The van der Waals surface area contributed by atoms with Gasteiger partial charge in [0.05, 0.1) is 21.4 Å². The van der Waals surface area contributed by atoms with E-state index in [2.05, 4.69) is 29.3 Å². The molecule has 0 bridgehead atoms. The number of fused-ring (bicyclic) bond motifs is 3. The Balaban J connectivity index is 1.84. The lowest BCUT2D eigenvalue weighted by Crippen LogP contribution is -2.10. The Morgan fingerprint density at radius 2 is 2.08 bits per heavy atom. The summed E-state index contributed by atoms with van der Waals surface area (Å²) >= 11 is 8.23. The molecule has 3 heterocycles. The largest absolute Gasteiger partial charge is 0.282 e. The number of unbranched alkanes of at least 4 members (excludes halogenated alkanes) is 1. The minimum atomic E-state index is 0.440. The van der Waals surface area contributed by atoms with Crippen LogP contribution in [-0.2, 0) is 6.54 Å². The summed E-state index contributed by atoms with van der Waals surface area (Å²) in [5.74, 6) is 1.85. The summed E-state index contributed by atoms with van der Waals surface area (Å²) in [6.45, 7) is 2.63. The first-order chi connectivity index (χ1) is 12.8. The maximum Gasteiger partial charge on any atom is 0.159 e. The van der Waals surface area contributed by atoms with Gasteiger partial charge in [-0.05, 0) is 30.4 Å². The SMILES string of the molecule is CCCCSc1ccc2c(n1)C(c1ccccc1Cl)=NCc1nncn1-2. The number of hydrogen-bond donors (Lipinski definition) is 0. The molecule has 0 N–H and O–H groups in total. The number of benzene rings is 1. The van der Waals surface area contributed by atoms with Gasteiger partial charge in [0.1, 0.15) is 18.6 Å². The molecule has 1 aromatic carbocycles. The van der Waals surface area contributed by atoms with E-state index in [1.165, 1.54) is 12.8 Å². The monoisotopic (exact) mass is 383 g/mol. The number of thioether (sulfide) groups is 1. The number of rotatable bonds is 5. The number of hydrogen-bond acceptors (Lipinski definition) is 5. The molecule has 0 aliphatic carbocycles. The van der Waals surface area contributed by atoms with Crippen LogP contribution < -0.4 is 0 Å². The van der Waals surface area contributed by atoms with Crippen LogP contribution in [0.15, 0.2) is 52.7 Å². The predicted molar refractivity (Wildman–Crippen MR) is 106 cm³/mol. The van der Waals surface area contributed by atoms with Gasteiger partial charge in [-0.15, -0.1) is 22.0 Å². The van der Waals surface area contributed by atoms with Crippen molar-refractivity contribution in [2.45, 2.75) is 31.3 Å². The van der Waals surface area contributed by atoms with E-state index in [1.54, 1.807) is 18.1 Å². The average Bonchev–Trinajstić information content (AvgIpc) is 3.06. The molecular formula is C19H18ClN5S. The zero-order chi connectivity index (χ0) is 17.9. The van der Waals surface area contributed by atoms with Crippen molar-refractivity contribution in [1.82, 2.24) is 19.7 Å². The first kappa shape index (κ1) is 17.2. The van der Waals surface area contributed by atoms with Gasteiger partial charge >= 0.3 is 0 Å². The number of pyridine rings is 1. The Morgan fingerprint density at radius 3 is 2.92 bits per heavy atom. The van der Waals surface area contributed by atoms with Crippen molar-refractivity contribution in [2.24, 2.45) is 4.99 Å². The molecule has 0 fully saturated rings. The van der Waals surface area contributed by atoms with Crippen molar-refractivity contribution in [3.05, 3.63) is 64.8 Å². The van der Waals surface area contributed by atoms with E-state index in [0.29, 0.717) is 11.6 Å². The number of aliphatic imine (C=N–C) groups is 1. The number of aromatic nitrogens is 4. The van der Waals surface area contributed by atoms with Crippen LogP contribution in [0, 0.1) is 0 Å². The lowest BCUT2D eigenvalue weighted by atomic mass is 10.1. The van der Waals surface area contributed by atoms with Crippen molar-refractivity contribution in [3.8, 4) is 5.69 Å². The van der Waals surface area contributed by atoms with Gasteiger partial charge in [-0.25, -0.2) is 4.98 Å². The summed E-state index contributed by atoms with van der Waals surface area (Å²) in [6, 6.07) is 11.9. The Hall–Kier alpha value is -2.18. The van der Waals surface area contributed by atoms with Crippen LogP contribution in [-0.4, -0.2) is 31.2 Å². The van der Waals surface area contributed by atoms with Crippen molar-refractivity contribution < 1.29 is 0 Å². The normalized spacial score (nSPS) is 12.9. The van der Waals surface area contributed by atoms with Crippen molar-refractivity contribution in [2.75, 3.05) is 5.75 Å². The lowest BCUT2D eigenvalue weighted by molar-refractivity contribution is 0.867. The first-order valence-corrected chi connectivity index (χ1v) is 9.97. The van der Waals surface area contributed by atoms with Gasteiger partial charge in [-0.3, -0.25) is 9.56 Å². The third-order valence-corrected chi connectivity index (χ3v) is 5.55. The van der Waals surface area contributed by atoms with Gasteiger partial charge in [0, 0.05) is 5.56 Å². The molecule has 132 valence electrons. The number of halogens is 1. The molecule has 0 saturated carbocycles. The third kappa shape index (κ3) is 3.27. The molecule has 1 aliphatic heterocycles. The molecule has 26 heavy (non-hydrogen) atoms. The second-order valence-electron chi connectivity index (χ2n) is 5.98. The van der Waals surface area contributed by atoms with Gasteiger partial charge in [0.15, 0.2) is 5.82 Å². The fourth-order valence-corrected chi connectivity index (χ4v) is 4.05. The van der Waals surface area contributed by atoms with E-state index in [-0.39, 0.29) is 0 Å².